The highest BCUT2D eigenvalue weighted by atomic mass is 32.2. The lowest BCUT2D eigenvalue weighted by Gasteiger charge is -2.36. The quantitative estimate of drug-likeness (QED) is 0.483. The highest BCUT2D eigenvalue weighted by molar-refractivity contribution is 7.92. The molecule has 5 rings (SSSR count). The van der Waals surface area contributed by atoms with Gasteiger partial charge < -0.3 is 16.0 Å². The summed E-state index contributed by atoms with van der Waals surface area (Å²) in [4.78, 5) is 24.8. The van der Waals surface area contributed by atoms with E-state index in [4.69, 9.17) is 0 Å². The molecule has 8 nitrogen and oxygen atoms in total. The lowest BCUT2D eigenvalue weighted by atomic mass is 9.65. The number of piperidine rings is 1. The van der Waals surface area contributed by atoms with E-state index in [1.807, 2.05) is 0 Å². The minimum Gasteiger partial charge on any atom is -0.352 e. The van der Waals surface area contributed by atoms with Crippen molar-refractivity contribution in [3.05, 3.63) is 53.1 Å². The van der Waals surface area contributed by atoms with Crippen molar-refractivity contribution in [3.63, 3.8) is 0 Å². The topological polar surface area (TPSA) is 116 Å². The van der Waals surface area contributed by atoms with E-state index in [1.54, 1.807) is 6.07 Å². The predicted molar refractivity (Wildman–Crippen MR) is 125 cm³/mol. The van der Waals surface area contributed by atoms with Gasteiger partial charge >= 0.3 is 0 Å². The molecule has 0 unspecified atom stereocenters. The summed E-state index contributed by atoms with van der Waals surface area (Å²) in [6.07, 6.45) is 3.59. The van der Waals surface area contributed by atoms with Crippen LogP contribution in [0.15, 0.2) is 35.2 Å². The van der Waals surface area contributed by atoms with Crippen LogP contribution in [0.5, 0.6) is 0 Å². The first-order valence-corrected chi connectivity index (χ1v) is 13.1. The number of hydrogen-bond acceptors (Lipinski definition) is 5. The molecule has 0 bridgehead atoms. The Balaban J connectivity index is 1.47. The minimum absolute atomic E-state index is 0.0951. The van der Waals surface area contributed by atoms with E-state index in [0.717, 1.165) is 44.5 Å². The number of benzene rings is 2. The highest BCUT2D eigenvalue weighted by Gasteiger charge is 2.51. The van der Waals surface area contributed by atoms with Gasteiger partial charge in [0.15, 0.2) is 0 Å². The molecule has 2 aliphatic heterocycles. The Bertz CT molecular complexity index is 1300. The van der Waals surface area contributed by atoms with Crippen molar-refractivity contribution in [1.29, 1.82) is 0 Å². The fourth-order valence-electron chi connectivity index (χ4n) is 5.12. The van der Waals surface area contributed by atoms with E-state index in [2.05, 4.69) is 20.7 Å². The van der Waals surface area contributed by atoms with Crippen molar-refractivity contribution >= 4 is 33.2 Å². The van der Waals surface area contributed by atoms with Crippen molar-refractivity contribution in [3.8, 4) is 0 Å². The molecule has 2 heterocycles. The molecule has 2 aromatic carbocycles. The van der Waals surface area contributed by atoms with Crippen molar-refractivity contribution in [2.75, 3.05) is 23.1 Å². The van der Waals surface area contributed by atoms with Gasteiger partial charge in [0.05, 0.1) is 11.1 Å². The molecular weight excluding hydrogens is 478 g/mol. The van der Waals surface area contributed by atoms with Crippen LogP contribution in [0.3, 0.4) is 0 Å². The predicted octanol–water partition coefficient (Wildman–Crippen LogP) is 2.76. The zero-order valence-electron chi connectivity index (χ0n) is 18.9. The molecule has 1 aliphatic carbocycles. The second-order valence-corrected chi connectivity index (χ2v) is 11.0. The molecule has 4 N–H and O–H groups in total. The van der Waals surface area contributed by atoms with Gasteiger partial charge in [-0.2, -0.15) is 0 Å². The van der Waals surface area contributed by atoms with Crippen molar-refractivity contribution in [2.45, 2.75) is 49.0 Å². The Morgan fingerprint density at radius 3 is 2.51 bits per heavy atom. The van der Waals surface area contributed by atoms with Crippen LogP contribution in [0.25, 0.3) is 0 Å². The van der Waals surface area contributed by atoms with Gasteiger partial charge in [-0.1, -0.05) is 6.42 Å². The Kier molecular flexibility index (Phi) is 6.00. The molecule has 2 aromatic rings. The van der Waals surface area contributed by atoms with Crippen LogP contribution in [-0.4, -0.2) is 33.3 Å². The number of amides is 2. The lowest BCUT2D eigenvalue weighted by molar-refractivity contribution is -0.126. The largest absolute Gasteiger partial charge is 0.352 e. The summed E-state index contributed by atoms with van der Waals surface area (Å²) in [6, 6.07) is 5.35. The maximum atomic E-state index is 14.2. The maximum absolute atomic E-state index is 14.2. The lowest BCUT2D eigenvalue weighted by Crippen LogP contribution is -2.40. The molecular formula is C24H26F2N4O4S. The normalized spacial score (nSPS) is 19.1. The van der Waals surface area contributed by atoms with Gasteiger partial charge in [-0.15, -0.1) is 0 Å². The molecule has 0 aromatic heterocycles. The molecule has 35 heavy (non-hydrogen) atoms. The van der Waals surface area contributed by atoms with Gasteiger partial charge in [0.2, 0.25) is 11.8 Å². The molecule has 1 saturated heterocycles. The molecule has 2 amide bonds. The zero-order valence-corrected chi connectivity index (χ0v) is 19.7. The first-order valence-electron chi connectivity index (χ1n) is 11.6. The number of carbonyl (C=O) groups excluding carboxylic acids is 2. The van der Waals surface area contributed by atoms with Gasteiger partial charge in [0, 0.05) is 24.2 Å². The van der Waals surface area contributed by atoms with Crippen LogP contribution < -0.4 is 20.7 Å². The number of anilines is 2. The maximum Gasteiger partial charge on any atom is 0.264 e. The van der Waals surface area contributed by atoms with E-state index >= 15 is 0 Å². The van der Waals surface area contributed by atoms with E-state index in [-0.39, 0.29) is 30.0 Å². The third-order valence-electron chi connectivity index (χ3n) is 7.21. The van der Waals surface area contributed by atoms with E-state index < -0.39 is 32.0 Å². The zero-order chi connectivity index (χ0) is 24.8. The Morgan fingerprint density at radius 1 is 1.11 bits per heavy atom. The Morgan fingerprint density at radius 2 is 1.86 bits per heavy atom. The number of halogens is 2. The molecule has 0 radical (unpaired) electrons. The molecule has 1 spiro atoms. The first-order chi connectivity index (χ1) is 16.7. The fraction of sp³-hybridized carbons (Fsp3) is 0.417. The number of nitrogens with one attached hydrogen (secondary N) is 4. The van der Waals surface area contributed by atoms with Crippen LogP contribution in [0, 0.1) is 17.6 Å². The van der Waals surface area contributed by atoms with E-state index in [0.29, 0.717) is 35.7 Å². The third-order valence-corrected chi connectivity index (χ3v) is 8.63. The highest BCUT2D eigenvalue weighted by Crippen LogP contribution is 2.52. The third kappa shape index (κ3) is 4.27. The molecule has 3 aliphatic rings. The number of sulfonamides is 1. The first kappa shape index (κ1) is 23.7. The SMILES string of the molecule is O=C(NCc1cc(NS(=O)(=O)c2ccc(F)cc2F)cc2c1NC(=O)C21CCC1)C1CCNCC1. The standard InChI is InChI=1S/C24H26F2N4O4S/c25-16-2-3-20(19(26)11-16)35(33,34)30-17-10-15(13-28-22(31)14-4-8-27-9-5-14)21-18(12-17)24(6-1-7-24)23(32)29-21/h2-3,10-12,14,27,30H,1,4-9,13H2,(H,28,31)(H,29,32). The van der Waals surface area contributed by atoms with Gasteiger partial charge in [-0.25, -0.2) is 17.2 Å². The summed E-state index contributed by atoms with van der Waals surface area (Å²) in [5.41, 5.74) is 1.21. The van der Waals surface area contributed by atoms with Crippen molar-refractivity contribution in [2.24, 2.45) is 5.92 Å². The Labute approximate surface area is 201 Å². The fourth-order valence-corrected chi connectivity index (χ4v) is 6.22. The van der Waals surface area contributed by atoms with Gasteiger partial charge in [0.25, 0.3) is 10.0 Å². The average Bonchev–Trinajstić information content (AvgIpc) is 3.09. The summed E-state index contributed by atoms with van der Waals surface area (Å²) >= 11 is 0. The summed E-state index contributed by atoms with van der Waals surface area (Å²) in [6.45, 7) is 1.63. The van der Waals surface area contributed by atoms with Crippen LogP contribution in [0.2, 0.25) is 0 Å². The molecule has 1 saturated carbocycles. The summed E-state index contributed by atoms with van der Waals surface area (Å²) in [5.74, 6) is -2.45. The number of fused-ring (bicyclic) bond motifs is 2. The Hall–Kier alpha value is -3.05. The molecule has 11 heteroatoms. The van der Waals surface area contributed by atoms with Crippen LogP contribution >= 0.6 is 0 Å². The molecule has 2 fully saturated rings. The van der Waals surface area contributed by atoms with Crippen LogP contribution in [0.4, 0.5) is 20.2 Å². The second-order valence-electron chi connectivity index (χ2n) is 9.37. The smallest absolute Gasteiger partial charge is 0.264 e. The summed E-state index contributed by atoms with van der Waals surface area (Å²) in [7, 11) is -4.37. The van der Waals surface area contributed by atoms with E-state index in [1.165, 1.54) is 6.07 Å². The number of hydrogen-bond donors (Lipinski definition) is 4. The van der Waals surface area contributed by atoms with Gasteiger partial charge in [0.1, 0.15) is 16.5 Å². The number of rotatable bonds is 6. The summed E-state index contributed by atoms with van der Waals surface area (Å²) < 4.78 is 55.6. The number of carbonyl (C=O) groups is 2. The van der Waals surface area contributed by atoms with Gasteiger partial charge in [-0.3, -0.25) is 14.3 Å². The van der Waals surface area contributed by atoms with Crippen molar-refractivity contribution < 1.29 is 26.8 Å². The molecule has 186 valence electrons. The van der Waals surface area contributed by atoms with Crippen LogP contribution in [0.1, 0.15) is 43.2 Å². The average molecular weight is 505 g/mol. The summed E-state index contributed by atoms with van der Waals surface area (Å²) in [5, 5.41) is 9.05. The monoisotopic (exact) mass is 504 g/mol. The second kappa shape index (κ2) is 8.87. The minimum atomic E-state index is -4.37. The molecule has 0 atom stereocenters. The van der Waals surface area contributed by atoms with E-state index in [9.17, 15) is 26.8 Å². The van der Waals surface area contributed by atoms with Gasteiger partial charge in [-0.05, 0) is 74.2 Å². The van der Waals surface area contributed by atoms with Crippen LogP contribution in [-0.2, 0) is 31.6 Å². The van der Waals surface area contributed by atoms with Crippen molar-refractivity contribution in [1.82, 2.24) is 10.6 Å².